The summed E-state index contributed by atoms with van der Waals surface area (Å²) in [7, 11) is 1.18. The predicted octanol–water partition coefficient (Wildman–Crippen LogP) is 3.17. The molecule has 0 radical (unpaired) electrons. The van der Waals surface area contributed by atoms with E-state index in [9.17, 15) is 18.4 Å². The lowest BCUT2D eigenvalue weighted by molar-refractivity contribution is 0.0600. The van der Waals surface area contributed by atoms with Crippen molar-refractivity contribution in [3.8, 4) is 0 Å². The molecule has 0 atom stereocenters. The number of methoxy groups -OCH3 is 1. The summed E-state index contributed by atoms with van der Waals surface area (Å²) in [5.74, 6) is -3.02. The molecular weight excluding hydrogens is 342 g/mol. The van der Waals surface area contributed by atoms with Crippen LogP contribution in [0.4, 0.5) is 8.78 Å². The third-order valence-corrected chi connectivity index (χ3v) is 3.20. The minimum Gasteiger partial charge on any atom is -0.465 e. The first kappa shape index (κ1) is 17.6. The molecule has 0 spiro atoms. The van der Waals surface area contributed by atoms with E-state index in [0.717, 1.165) is 18.3 Å². The number of halogens is 3. The lowest BCUT2D eigenvalue weighted by atomic mass is 10.1. The highest BCUT2D eigenvalue weighted by molar-refractivity contribution is 6.30. The normalized spacial score (nSPS) is 10.7. The number of carbonyl (C=O) groups excluding carboxylic acids is 2. The van der Waals surface area contributed by atoms with Crippen LogP contribution in [0.15, 0.2) is 41.5 Å². The van der Waals surface area contributed by atoms with Crippen LogP contribution in [0.25, 0.3) is 0 Å². The van der Waals surface area contributed by atoms with Gasteiger partial charge < -0.3 is 4.74 Å². The Kier molecular flexibility index (Phi) is 5.59. The van der Waals surface area contributed by atoms with Gasteiger partial charge >= 0.3 is 5.97 Å². The molecule has 0 aromatic heterocycles. The molecule has 0 aliphatic heterocycles. The van der Waals surface area contributed by atoms with Crippen LogP contribution < -0.4 is 5.43 Å². The Hall–Kier alpha value is -2.80. The summed E-state index contributed by atoms with van der Waals surface area (Å²) < 4.78 is 31.9. The van der Waals surface area contributed by atoms with Gasteiger partial charge in [0.15, 0.2) is 0 Å². The van der Waals surface area contributed by atoms with Gasteiger partial charge in [-0.25, -0.2) is 19.0 Å². The van der Waals surface area contributed by atoms with E-state index in [4.69, 9.17) is 11.6 Å². The van der Waals surface area contributed by atoms with Gasteiger partial charge in [0.2, 0.25) is 0 Å². The zero-order chi connectivity index (χ0) is 17.7. The Balaban J connectivity index is 2.08. The molecular formula is C16H11ClF2N2O3. The van der Waals surface area contributed by atoms with Crippen LogP contribution in [0.2, 0.25) is 5.02 Å². The van der Waals surface area contributed by atoms with Crippen molar-refractivity contribution in [3.63, 3.8) is 0 Å². The molecule has 1 N–H and O–H groups in total. The Bertz CT molecular complexity index is 825. The van der Waals surface area contributed by atoms with E-state index in [2.05, 4.69) is 15.3 Å². The third-order valence-electron chi connectivity index (χ3n) is 2.97. The number of ether oxygens (including phenoxy) is 1. The average Bonchev–Trinajstić information content (AvgIpc) is 2.55. The average molecular weight is 353 g/mol. The fraction of sp³-hybridized carbons (Fsp3) is 0.0625. The number of hydrogen-bond donors (Lipinski definition) is 1. The van der Waals surface area contributed by atoms with Crippen molar-refractivity contribution in [2.24, 2.45) is 5.10 Å². The van der Waals surface area contributed by atoms with Crippen LogP contribution in [-0.4, -0.2) is 25.2 Å². The number of nitrogens with zero attached hydrogens (tertiary/aromatic N) is 1. The van der Waals surface area contributed by atoms with E-state index in [1.807, 2.05) is 0 Å². The molecule has 0 aliphatic rings. The van der Waals surface area contributed by atoms with E-state index >= 15 is 0 Å². The molecule has 0 unspecified atom stereocenters. The molecule has 1 amide bonds. The molecule has 8 heteroatoms. The van der Waals surface area contributed by atoms with Crippen molar-refractivity contribution in [1.29, 1.82) is 0 Å². The summed E-state index contributed by atoms with van der Waals surface area (Å²) in [5.41, 5.74) is 1.89. The molecule has 0 saturated heterocycles. The van der Waals surface area contributed by atoms with Crippen molar-refractivity contribution in [2.45, 2.75) is 0 Å². The number of carbonyl (C=O) groups is 2. The summed E-state index contributed by atoms with van der Waals surface area (Å²) >= 11 is 5.59. The fourth-order valence-corrected chi connectivity index (χ4v) is 1.93. The lowest BCUT2D eigenvalue weighted by Crippen LogP contribution is -2.19. The minimum absolute atomic E-state index is 0.0273. The van der Waals surface area contributed by atoms with Crippen molar-refractivity contribution < 1.29 is 23.1 Å². The number of benzene rings is 2. The van der Waals surface area contributed by atoms with Gasteiger partial charge in [-0.1, -0.05) is 11.6 Å². The monoisotopic (exact) mass is 352 g/mol. The van der Waals surface area contributed by atoms with Gasteiger partial charge in [0, 0.05) is 10.6 Å². The van der Waals surface area contributed by atoms with Crippen molar-refractivity contribution in [2.75, 3.05) is 7.11 Å². The smallest absolute Gasteiger partial charge is 0.337 e. The van der Waals surface area contributed by atoms with Crippen LogP contribution in [0.3, 0.4) is 0 Å². The van der Waals surface area contributed by atoms with Gasteiger partial charge in [0.05, 0.1) is 24.5 Å². The molecule has 2 rings (SSSR count). The second-order valence-electron chi connectivity index (χ2n) is 4.55. The van der Waals surface area contributed by atoms with Gasteiger partial charge in [-0.2, -0.15) is 5.10 Å². The summed E-state index contributed by atoms with van der Waals surface area (Å²) in [5, 5.41) is 3.71. The predicted molar refractivity (Wildman–Crippen MR) is 84.2 cm³/mol. The van der Waals surface area contributed by atoms with Crippen molar-refractivity contribution >= 4 is 29.7 Å². The molecule has 5 nitrogen and oxygen atoms in total. The largest absolute Gasteiger partial charge is 0.465 e. The van der Waals surface area contributed by atoms with Crippen LogP contribution in [0.5, 0.6) is 0 Å². The quantitative estimate of drug-likeness (QED) is 0.522. The van der Waals surface area contributed by atoms with Crippen LogP contribution in [0, 0.1) is 11.6 Å². The number of esters is 1. The molecule has 0 heterocycles. The number of rotatable bonds is 4. The first-order chi connectivity index (χ1) is 11.4. The minimum atomic E-state index is -0.813. The van der Waals surface area contributed by atoms with Gasteiger partial charge in [0.1, 0.15) is 11.6 Å². The molecule has 124 valence electrons. The Morgan fingerprint density at radius 3 is 2.54 bits per heavy atom. The lowest BCUT2D eigenvalue weighted by Gasteiger charge is -2.03. The number of amides is 1. The molecule has 0 fully saturated rings. The topological polar surface area (TPSA) is 67.8 Å². The second-order valence-corrected chi connectivity index (χ2v) is 4.99. The van der Waals surface area contributed by atoms with E-state index in [1.165, 1.54) is 31.4 Å². The van der Waals surface area contributed by atoms with E-state index in [-0.39, 0.29) is 21.7 Å². The number of nitrogens with one attached hydrogen (secondary N) is 1. The highest BCUT2D eigenvalue weighted by Crippen LogP contribution is 2.14. The van der Waals surface area contributed by atoms with Crippen molar-refractivity contribution in [1.82, 2.24) is 5.43 Å². The van der Waals surface area contributed by atoms with Gasteiger partial charge in [-0.15, -0.1) is 0 Å². The standard InChI is InChI=1S/C16H11ClF2N2O3/c1-24-16(23)9-2-3-10(13(18)6-9)8-20-21-15(22)12-5-4-11(17)7-14(12)19/h2-8H,1H3,(H,21,22)/b20-8+. The van der Waals surface area contributed by atoms with Gasteiger partial charge in [-0.3, -0.25) is 4.79 Å². The Morgan fingerprint density at radius 1 is 1.17 bits per heavy atom. The van der Waals surface area contributed by atoms with Crippen LogP contribution in [-0.2, 0) is 4.74 Å². The van der Waals surface area contributed by atoms with E-state index in [1.54, 1.807) is 0 Å². The molecule has 2 aromatic carbocycles. The highest BCUT2D eigenvalue weighted by atomic mass is 35.5. The zero-order valence-corrected chi connectivity index (χ0v) is 13.1. The fourth-order valence-electron chi connectivity index (χ4n) is 1.77. The van der Waals surface area contributed by atoms with Crippen molar-refractivity contribution in [3.05, 3.63) is 69.7 Å². The first-order valence-electron chi connectivity index (χ1n) is 6.58. The highest BCUT2D eigenvalue weighted by Gasteiger charge is 2.12. The van der Waals surface area contributed by atoms with Gasteiger partial charge in [-0.05, 0) is 36.4 Å². The summed E-state index contributed by atoms with van der Waals surface area (Å²) in [6.07, 6.45) is 1.03. The summed E-state index contributed by atoms with van der Waals surface area (Å²) in [6.45, 7) is 0. The second kappa shape index (κ2) is 7.65. The number of hydrazone groups is 1. The number of hydrogen-bond acceptors (Lipinski definition) is 4. The summed E-state index contributed by atoms with van der Waals surface area (Å²) in [6, 6.07) is 7.17. The van der Waals surface area contributed by atoms with E-state index < -0.39 is 23.5 Å². The maximum Gasteiger partial charge on any atom is 0.337 e. The first-order valence-corrected chi connectivity index (χ1v) is 6.96. The zero-order valence-electron chi connectivity index (χ0n) is 12.3. The molecule has 0 saturated carbocycles. The van der Waals surface area contributed by atoms with Crippen LogP contribution >= 0.6 is 11.6 Å². The molecule has 0 bridgehead atoms. The molecule has 24 heavy (non-hydrogen) atoms. The SMILES string of the molecule is COC(=O)c1ccc(/C=N/NC(=O)c2ccc(Cl)cc2F)c(F)c1. The maximum atomic E-state index is 13.8. The molecule has 2 aromatic rings. The maximum absolute atomic E-state index is 13.8. The third kappa shape index (κ3) is 4.14. The Labute approximate surface area is 140 Å². The summed E-state index contributed by atoms with van der Waals surface area (Å²) in [4.78, 5) is 23.0. The molecule has 0 aliphatic carbocycles. The van der Waals surface area contributed by atoms with Crippen LogP contribution in [0.1, 0.15) is 26.3 Å². The Morgan fingerprint density at radius 2 is 1.92 bits per heavy atom. The van der Waals surface area contributed by atoms with Gasteiger partial charge in [0.25, 0.3) is 5.91 Å². The van der Waals surface area contributed by atoms with E-state index in [0.29, 0.717) is 0 Å².